The monoisotopic (exact) mass is 465 g/mol. The molecule has 0 saturated carbocycles. The second-order valence-corrected chi connectivity index (χ2v) is 8.62. The maximum atomic E-state index is 14.8. The molecule has 2 aromatic rings. The van der Waals surface area contributed by atoms with Crippen molar-refractivity contribution in [2.45, 2.75) is 51.8 Å². The molecule has 1 fully saturated rings. The molecule has 0 unspecified atom stereocenters. The molecule has 0 aliphatic carbocycles. The van der Waals surface area contributed by atoms with Crippen LogP contribution in [0.25, 0.3) is 11.1 Å². The fourth-order valence-electron chi connectivity index (χ4n) is 3.98. The molecule has 10 heteroatoms. The van der Waals surface area contributed by atoms with Gasteiger partial charge in [0.15, 0.2) is 23.2 Å². The molecule has 3 atom stereocenters. The number of benzene rings is 1. The average Bonchev–Trinajstić information content (AvgIpc) is 3.12. The van der Waals surface area contributed by atoms with E-state index in [1.165, 1.54) is 17.9 Å². The zero-order valence-electron chi connectivity index (χ0n) is 18.5. The molecule has 0 radical (unpaired) electrons. The largest absolute Gasteiger partial charge is 0.505 e. The number of rotatable bonds is 6. The van der Waals surface area contributed by atoms with Crippen molar-refractivity contribution in [3.63, 3.8) is 0 Å². The second kappa shape index (κ2) is 9.78. The summed E-state index contributed by atoms with van der Waals surface area (Å²) >= 11 is 0. The van der Waals surface area contributed by atoms with Crippen molar-refractivity contribution in [3.05, 3.63) is 47.5 Å². The third-order valence-corrected chi connectivity index (χ3v) is 5.58. The quantitative estimate of drug-likeness (QED) is 0.609. The van der Waals surface area contributed by atoms with Crippen LogP contribution in [0.3, 0.4) is 0 Å². The number of hydrogen-bond donors (Lipinski definition) is 3. The van der Waals surface area contributed by atoms with Crippen molar-refractivity contribution in [1.82, 2.24) is 15.2 Å². The molecule has 33 heavy (non-hydrogen) atoms. The molecule has 1 aliphatic rings. The lowest BCUT2D eigenvalue weighted by atomic mass is 9.99. The van der Waals surface area contributed by atoms with Gasteiger partial charge in [-0.3, -0.25) is 14.6 Å². The summed E-state index contributed by atoms with van der Waals surface area (Å²) in [5.74, 6) is -5.04. The molecule has 0 spiro atoms. The van der Waals surface area contributed by atoms with Gasteiger partial charge in [0.2, 0.25) is 11.8 Å². The van der Waals surface area contributed by atoms with E-state index in [2.05, 4.69) is 10.3 Å². The first kappa shape index (κ1) is 24.5. The number of aromatic nitrogens is 1. The van der Waals surface area contributed by atoms with Crippen LogP contribution in [0.15, 0.2) is 24.5 Å². The summed E-state index contributed by atoms with van der Waals surface area (Å²) < 4.78 is 42.9. The Labute approximate surface area is 189 Å². The maximum Gasteiger partial charge on any atom is 0.243 e. The first-order valence-electron chi connectivity index (χ1n) is 10.6. The summed E-state index contributed by atoms with van der Waals surface area (Å²) in [5, 5.41) is 23.0. The topological polar surface area (TPSA) is 103 Å². The molecule has 3 N–H and O–H groups in total. The predicted octanol–water partition coefficient (Wildman–Crippen LogP) is 3.06. The number of aliphatic hydroxyl groups is 1. The number of likely N-dealkylation sites (tertiary alicyclic amines) is 1. The normalized spacial score (nSPS) is 19.1. The number of amides is 2. The fourth-order valence-corrected chi connectivity index (χ4v) is 3.98. The van der Waals surface area contributed by atoms with Crippen molar-refractivity contribution >= 4 is 11.8 Å². The maximum absolute atomic E-state index is 14.8. The standard InChI is InChI=1S/C23H26F3N3O4/c1-11(2)6-19(31)29-10-13(30)7-18(29)23(33)28-12(3)14-4-5-15(21(26)22(14)32)20-16(24)8-27-9-17(20)25/h4-5,8-9,11-13,18,30,32H,6-7,10H2,1-3H3,(H,28,33)/t12-,13+,18-/m0/s1. The second-order valence-electron chi connectivity index (χ2n) is 8.62. The number of phenols is 1. The number of carbonyl (C=O) groups is 2. The molecule has 1 aliphatic heterocycles. The number of nitrogens with one attached hydrogen (secondary N) is 1. The van der Waals surface area contributed by atoms with E-state index in [0.717, 1.165) is 18.5 Å². The summed E-state index contributed by atoms with van der Waals surface area (Å²) in [6.45, 7) is 5.26. The lowest BCUT2D eigenvalue weighted by Gasteiger charge is -2.26. The van der Waals surface area contributed by atoms with Gasteiger partial charge in [-0.2, -0.15) is 0 Å². The summed E-state index contributed by atoms with van der Waals surface area (Å²) in [5.41, 5.74) is -1.17. The van der Waals surface area contributed by atoms with Gasteiger partial charge in [0, 0.05) is 30.5 Å². The van der Waals surface area contributed by atoms with Crippen LogP contribution in [0.1, 0.15) is 45.2 Å². The van der Waals surface area contributed by atoms with Crippen LogP contribution < -0.4 is 5.32 Å². The number of hydrogen-bond acceptors (Lipinski definition) is 5. The zero-order chi connectivity index (χ0) is 24.4. The Morgan fingerprint density at radius 1 is 1.18 bits per heavy atom. The van der Waals surface area contributed by atoms with Crippen LogP contribution in [0, 0.1) is 23.4 Å². The van der Waals surface area contributed by atoms with E-state index in [1.54, 1.807) is 0 Å². The summed E-state index contributed by atoms with van der Waals surface area (Å²) in [4.78, 5) is 30.0. The Balaban J connectivity index is 1.81. The van der Waals surface area contributed by atoms with Crippen molar-refractivity contribution in [2.24, 2.45) is 5.92 Å². The zero-order valence-corrected chi connectivity index (χ0v) is 18.5. The van der Waals surface area contributed by atoms with Crippen LogP contribution in [-0.4, -0.2) is 50.6 Å². The Hall–Kier alpha value is -3.14. The van der Waals surface area contributed by atoms with Crippen molar-refractivity contribution in [3.8, 4) is 16.9 Å². The molecule has 3 rings (SSSR count). The van der Waals surface area contributed by atoms with Gasteiger partial charge in [-0.15, -0.1) is 0 Å². The van der Waals surface area contributed by atoms with Gasteiger partial charge < -0.3 is 20.4 Å². The van der Waals surface area contributed by atoms with E-state index in [0.29, 0.717) is 0 Å². The lowest BCUT2D eigenvalue weighted by molar-refractivity contribution is -0.139. The summed E-state index contributed by atoms with van der Waals surface area (Å²) in [7, 11) is 0. The number of carbonyl (C=O) groups excluding carboxylic acids is 2. The molecular formula is C23H26F3N3O4. The van der Waals surface area contributed by atoms with Crippen LogP contribution >= 0.6 is 0 Å². The van der Waals surface area contributed by atoms with Gasteiger partial charge in [0.05, 0.1) is 30.1 Å². The van der Waals surface area contributed by atoms with E-state index < -0.39 is 58.4 Å². The van der Waals surface area contributed by atoms with Gasteiger partial charge in [0.25, 0.3) is 0 Å². The van der Waals surface area contributed by atoms with Crippen molar-refractivity contribution in [2.75, 3.05) is 6.54 Å². The molecule has 1 aromatic heterocycles. The molecular weight excluding hydrogens is 439 g/mol. The highest BCUT2D eigenvalue weighted by atomic mass is 19.1. The minimum absolute atomic E-state index is 0.0157. The first-order chi connectivity index (χ1) is 15.5. The predicted molar refractivity (Wildman–Crippen MR) is 113 cm³/mol. The Morgan fingerprint density at radius 2 is 1.82 bits per heavy atom. The van der Waals surface area contributed by atoms with Crippen LogP contribution in [0.2, 0.25) is 0 Å². The molecule has 178 valence electrons. The van der Waals surface area contributed by atoms with E-state index in [4.69, 9.17) is 0 Å². The number of phenolic OH excluding ortho intramolecular Hbond substituents is 1. The molecule has 0 bridgehead atoms. The molecule has 2 amide bonds. The highest BCUT2D eigenvalue weighted by Gasteiger charge is 2.39. The van der Waals surface area contributed by atoms with Gasteiger partial charge in [-0.05, 0) is 12.8 Å². The number of pyridine rings is 1. The highest BCUT2D eigenvalue weighted by molar-refractivity contribution is 5.88. The minimum Gasteiger partial charge on any atom is -0.505 e. The summed E-state index contributed by atoms with van der Waals surface area (Å²) in [6, 6.07) is 0.558. The van der Waals surface area contributed by atoms with E-state index in [9.17, 15) is 33.0 Å². The Bertz CT molecular complexity index is 1040. The van der Waals surface area contributed by atoms with E-state index in [1.807, 2.05) is 13.8 Å². The Kier molecular flexibility index (Phi) is 7.26. The SMILES string of the molecule is CC(C)CC(=O)N1C[C@H](O)C[C@H]1C(=O)N[C@@H](C)c1ccc(-c2c(F)cncc2F)c(F)c1O. The third kappa shape index (κ3) is 5.11. The van der Waals surface area contributed by atoms with Crippen LogP contribution in [0.5, 0.6) is 5.75 Å². The smallest absolute Gasteiger partial charge is 0.243 e. The molecule has 1 aromatic carbocycles. The van der Waals surface area contributed by atoms with E-state index in [-0.39, 0.29) is 36.8 Å². The van der Waals surface area contributed by atoms with Crippen molar-refractivity contribution in [1.29, 1.82) is 0 Å². The molecule has 2 heterocycles. The van der Waals surface area contributed by atoms with Gasteiger partial charge in [-0.1, -0.05) is 26.0 Å². The fraction of sp³-hybridized carbons (Fsp3) is 0.435. The van der Waals surface area contributed by atoms with Crippen LogP contribution in [0.4, 0.5) is 13.2 Å². The minimum atomic E-state index is -1.25. The summed E-state index contributed by atoms with van der Waals surface area (Å²) in [6.07, 6.45) is 0.897. The number of β-amino-alcohol motifs (C(OH)–C–C–N with tert-alkyl or cyclic N) is 1. The third-order valence-electron chi connectivity index (χ3n) is 5.58. The highest BCUT2D eigenvalue weighted by Crippen LogP contribution is 2.36. The number of halogens is 3. The number of aromatic hydroxyl groups is 1. The first-order valence-corrected chi connectivity index (χ1v) is 10.6. The van der Waals surface area contributed by atoms with Gasteiger partial charge in [0.1, 0.15) is 6.04 Å². The lowest BCUT2D eigenvalue weighted by Crippen LogP contribution is -2.46. The van der Waals surface area contributed by atoms with E-state index >= 15 is 0 Å². The van der Waals surface area contributed by atoms with Gasteiger partial charge >= 0.3 is 0 Å². The van der Waals surface area contributed by atoms with Crippen LogP contribution in [-0.2, 0) is 9.59 Å². The number of nitrogens with zero attached hydrogens (tertiary/aromatic N) is 2. The Morgan fingerprint density at radius 3 is 2.42 bits per heavy atom. The number of aliphatic hydroxyl groups excluding tert-OH is 1. The van der Waals surface area contributed by atoms with Crippen molar-refractivity contribution < 1.29 is 33.0 Å². The average molecular weight is 465 g/mol. The van der Waals surface area contributed by atoms with Gasteiger partial charge in [-0.25, -0.2) is 13.2 Å². The molecule has 7 nitrogen and oxygen atoms in total. The molecule has 1 saturated heterocycles.